The van der Waals surface area contributed by atoms with Crippen LogP contribution in [0.3, 0.4) is 0 Å². The first-order chi connectivity index (χ1) is 9.25. The molecule has 1 aromatic carbocycles. The lowest BCUT2D eigenvalue weighted by Crippen LogP contribution is -2.05. The van der Waals surface area contributed by atoms with Gasteiger partial charge in [0.05, 0.1) is 23.1 Å². The van der Waals surface area contributed by atoms with Gasteiger partial charge < -0.3 is 5.11 Å². The first-order valence-corrected chi connectivity index (χ1v) is 6.06. The van der Waals surface area contributed by atoms with Gasteiger partial charge in [-0.05, 0) is 24.6 Å². The first-order valence-electron chi connectivity index (χ1n) is 6.06. The molecule has 19 heavy (non-hydrogen) atoms. The summed E-state index contributed by atoms with van der Waals surface area (Å²) in [5.74, 6) is 0. The second-order valence-corrected chi connectivity index (χ2v) is 4.41. The van der Waals surface area contributed by atoms with Crippen LogP contribution in [0.15, 0.2) is 48.9 Å². The molecule has 1 atom stereocenters. The van der Waals surface area contributed by atoms with Crippen molar-refractivity contribution in [3.8, 4) is 0 Å². The van der Waals surface area contributed by atoms with Crippen LogP contribution in [-0.2, 0) is 0 Å². The second kappa shape index (κ2) is 4.74. The summed E-state index contributed by atoms with van der Waals surface area (Å²) in [5.41, 5.74) is 3.06. The molecule has 94 valence electrons. The lowest BCUT2D eigenvalue weighted by atomic mass is 10.1. The number of aromatic nitrogens is 3. The minimum atomic E-state index is -0.850. The lowest BCUT2D eigenvalue weighted by molar-refractivity contribution is 0.210. The Kier molecular flexibility index (Phi) is 2.93. The number of para-hydroxylation sites is 1. The maximum Gasteiger partial charge on any atom is 0.139 e. The standard InChI is InChI=1S/C15H13N3O/c1-10-8-13(15(19)14-9-16-6-7-17-14)18-12-5-3-2-4-11(10)12/h2-9,15,19H,1H3. The highest BCUT2D eigenvalue weighted by Crippen LogP contribution is 2.23. The van der Waals surface area contributed by atoms with E-state index in [9.17, 15) is 5.11 Å². The summed E-state index contributed by atoms with van der Waals surface area (Å²) in [6.07, 6.45) is 3.84. The molecule has 0 saturated carbocycles. The van der Waals surface area contributed by atoms with Crippen LogP contribution in [0.5, 0.6) is 0 Å². The fourth-order valence-corrected chi connectivity index (χ4v) is 2.12. The van der Waals surface area contributed by atoms with Gasteiger partial charge >= 0.3 is 0 Å². The Morgan fingerprint density at radius 2 is 1.95 bits per heavy atom. The topological polar surface area (TPSA) is 58.9 Å². The highest BCUT2D eigenvalue weighted by Gasteiger charge is 2.15. The zero-order valence-electron chi connectivity index (χ0n) is 10.5. The van der Waals surface area contributed by atoms with Crippen LogP contribution in [0.1, 0.15) is 23.1 Å². The molecule has 0 radical (unpaired) electrons. The van der Waals surface area contributed by atoms with E-state index in [0.29, 0.717) is 11.4 Å². The van der Waals surface area contributed by atoms with Crippen LogP contribution >= 0.6 is 0 Å². The van der Waals surface area contributed by atoms with Gasteiger partial charge in [-0.2, -0.15) is 0 Å². The Morgan fingerprint density at radius 3 is 2.74 bits per heavy atom. The third kappa shape index (κ3) is 2.18. The van der Waals surface area contributed by atoms with Crippen molar-refractivity contribution in [1.82, 2.24) is 15.0 Å². The fraction of sp³-hybridized carbons (Fsp3) is 0.133. The van der Waals surface area contributed by atoms with Gasteiger partial charge in [0.15, 0.2) is 0 Å². The molecule has 0 bridgehead atoms. The van der Waals surface area contributed by atoms with Gasteiger partial charge in [-0.25, -0.2) is 4.98 Å². The molecule has 0 aliphatic carbocycles. The number of pyridine rings is 1. The van der Waals surface area contributed by atoms with Gasteiger partial charge in [0.2, 0.25) is 0 Å². The zero-order chi connectivity index (χ0) is 13.2. The van der Waals surface area contributed by atoms with Gasteiger partial charge in [0, 0.05) is 17.8 Å². The van der Waals surface area contributed by atoms with Gasteiger partial charge in [0.1, 0.15) is 6.10 Å². The summed E-state index contributed by atoms with van der Waals surface area (Å²) in [5, 5.41) is 11.4. The summed E-state index contributed by atoms with van der Waals surface area (Å²) in [4.78, 5) is 12.6. The average Bonchev–Trinajstić information content (AvgIpc) is 2.47. The number of aryl methyl sites for hydroxylation is 1. The maximum atomic E-state index is 10.3. The molecule has 0 saturated heterocycles. The molecule has 1 N–H and O–H groups in total. The molecular formula is C15H13N3O. The van der Waals surface area contributed by atoms with Gasteiger partial charge in [-0.15, -0.1) is 0 Å². The molecule has 0 amide bonds. The number of aliphatic hydroxyl groups is 1. The van der Waals surface area contributed by atoms with E-state index in [0.717, 1.165) is 16.5 Å². The Morgan fingerprint density at radius 1 is 1.11 bits per heavy atom. The molecule has 3 aromatic rings. The molecule has 0 aliphatic heterocycles. The van der Waals surface area contributed by atoms with E-state index in [1.54, 1.807) is 18.6 Å². The van der Waals surface area contributed by atoms with E-state index in [4.69, 9.17) is 0 Å². The SMILES string of the molecule is Cc1cc(C(O)c2cnccn2)nc2ccccc12. The minimum Gasteiger partial charge on any atom is -0.380 e. The van der Waals surface area contributed by atoms with E-state index in [1.165, 1.54) is 0 Å². The number of aliphatic hydroxyl groups excluding tert-OH is 1. The summed E-state index contributed by atoms with van der Waals surface area (Å²) >= 11 is 0. The number of benzene rings is 1. The lowest BCUT2D eigenvalue weighted by Gasteiger charge is -2.11. The smallest absolute Gasteiger partial charge is 0.139 e. The van der Waals surface area contributed by atoms with E-state index < -0.39 is 6.10 Å². The average molecular weight is 251 g/mol. The highest BCUT2D eigenvalue weighted by atomic mass is 16.3. The van der Waals surface area contributed by atoms with Crippen molar-refractivity contribution in [1.29, 1.82) is 0 Å². The Labute approximate surface area is 110 Å². The molecule has 2 heterocycles. The Hall–Kier alpha value is -2.33. The molecule has 3 rings (SSSR count). The number of rotatable bonds is 2. The van der Waals surface area contributed by atoms with Crippen molar-refractivity contribution in [3.05, 3.63) is 65.9 Å². The predicted octanol–water partition coefficient (Wildman–Crippen LogP) is 2.41. The summed E-state index contributed by atoms with van der Waals surface area (Å²) < 4.78 is 0. The zero-order valence-corrected chi connectivity index (χ0v) is 10.5. The molecule has 1 unspecified atom stereocenters. The van der Waals surface area contributed by atoms with Crippen molar-refractivity contribution in [2.75, 3.05) is 0 Å². The monoisotopic (exact) mass is 251 g/mol. The molecule has 0 spiro atoms. The van der Waals surface area contributed by atoms with Crippen molar-refractivity contribution < 1.29 is 5.11 Å². The van der Waals surface area contributed by atoms with E-state index in [1.807, 2.05) is 37.3 Å². The molecule has 2 aromatic heterocycles. The van der Waals surface area contributed by atoms with Crippen LogP contribution in [0.2, 0.25) is 0 Å². The van der Waals surface area contributed by atoms with Crippen LogP contribution in [0.25, 0.3) is 10.9 Å². The number of hydrogen-bond donors (Lipinski definition) is 1. The number of nitrogens with zero attached hydrogens (tertiary/aromatic N) is 3. The highest BCUT2D eigenvalue weighted by molar-refractivity contribution is 5.82. The van der Waals surface area contributed by atoms with Crippen molar-refractivity contribution in [2.24, 2.45) is 0 Å². The summed E-state index contributed by atoms with van der Waals surface area (Å²) in [6, 6.07) is 9.77. The van der Waals surface area contributed by atoms with Gasteiger partial charge in [-0.1, -0.05) is 18.2 Å². The van der Waals surface area contributed by atoms with Crippen molar-refractivity contribution >= 4 is 10.9 Å². The van der Waals surface area contributed by atoms with Crippen LogP contribution < -0.4 is 0 Å². The van der Waals surface area contributed by atoms with Crippen LogP contribution in [0, 0.1) is 6.92 Å². The minimum absolute atomic E-state index is 0.504. The second-order valence-electron chi connectivity index (χ2n) is 4.41. The molecule has 0 fully saturated rings. The van der Waals surface area contributed by atoms with Gasteiger partial charge in [-0.3, -0.25) is 9.97 Å². The first kappa shape index (κ1) is 11.7. The van der Waals surface area contributed by atoms with E-state index in [-0.39, 0.29) is 0 Å². The summed E-state index contributed by atoms with van der Waals surface area (Å²) in [7, 11) is 0. The van der Waals surface area contributed by atoms with Gasteiger partial charge in [0.25, 0.3) is 0 Å². The molecular weight excluding hydrogens is 238 g/mol. The van der Waals surface area contributed by atoms with E-state index in [2.05, 4.69) is 15.0 Å². The Bertz CT molecular complexity index is 713. The molecule has 4 heteroatoms. The number of hydrogen-bond acceptors (Lipinski definition) is 4. The molecule has 0 aliphatic rings. The fourth-order valence-electron chi connectivity index (χ4n) is 2.12. The van der Waals surface area contributed by atoms with Crippen LogP contribution in [-0.4, -0.2) is 20.1 Å². The van der Waals surface area contributed by atoms with E-state index >= 15 is 0 Å². The third-order valence-corrected chi connectivity index (χ3v) is 3.09. The van der Waals surface area contributed by atoms with Crippen LogP contribution in [0.4, 0.5) is 0 Å². The quantitative estimate of drug-likeness (QED) is 0.760. The number of fused-ring (bicyclic) bond motifs is 1. The maximum absolute atomic E-state index is 10.3. The Balaban J connectivity index is 2.11. The van der Waals surface area contributed by atoms with Crippen molar-refractivity contribution in [3.63, 3.8) is 0 Å². The molecule has 4 nitrogen and oxygen atoms in total. The third-order valence-electron chi connectivity index (χ3n) is 3.09. The summed E-state index contributed by atoms with van der Waals surface area (Å²) in [6.45, 7) is 2.01. The predicted molar refractivity (Wildman–Crippen MR) is 72.6 cm³/mol. The largest absolute Gasteiger partial charge is 0.380 e. The van der Waals surface area contributed by atoms with Crippen molar-refractivity contribution in [2.45, 2.75) is 13.0 Å². The normalized spacial score (nSPS) is 12.5.